The van der Waals surface area contributed by atoms with Crippen molar-refractivity contribution >= 4 is 11.9 Å². The zero-order chi connectivity index (χ0) is 14.6. The van der Waals surface area contributed by atoms with Crippen molar-refractivity contribution in [3.63, 3.8) is 0 Å². The molecule has 1 rings (SSSR count). The summed E-state index contributed by atoms with van der Waals surface area (Å²) < 4.78 is 9.99. The highest BCUT2D eigenvalue weighted by molar-refractivity contribution is 5.79. The van der Waals surface area contributed by atoms with Crippen molar-refractivity contribution in [2.24, 2.45) is 0 Å². The lowest BCUT2D eigenvalue weighted by molar-refractivity contribution is -0.163. The molecule has 0 aromatic heterocycles. The second-order valence-corrected chi connectivity index (χ2v) is 4.48. The van der Waals surface area contributed by atoms with E-state index in [2.05, 4.69) is 0 Å². The van der Waals surface area contributed by atoms with Gasteiger partial charge in [0.25, 0.3) is 0 Å². The molecule has 0 fully saturated rings. The summed E-state index contributed by atoms with van der Waals surface area (Å²) >= 11 is 0. The van der Waals surface area contributed by atoms with E-state index in [-0.39, 0.29) is 5.92 Å². The van der Waals surface area contributed by atoms with Gasteiger partial charge in [0.1, 0.15) is 5.75 Å². The normalized spacial score (nSPS) is 12.1. The lowest BCUT2D eigenvalue weighted by Gasteiger charge is -2.18. The fourth-order valence-corrected chi connectivity index (χ4v) is 1.73. The Morgan fingerprint density at radius 3 is 2.32 bits per heavy atom. The summed E-state index contributed by atoms with van der Waals surface area (Å²) in [5.74, 6) is -1.26. The molecular weight excluding hydrogens is 248 g/mol. The Labute approximate surface area is 112 Å². The summed E-state index contributed by atoms with van der Waals surface area (Å²) in [6.07, 6.45) is -1.36. The highest BCUT2D eigenvalue weighted by Crippen LogP contribution is 2.31. The quantitative estimate of drug-likeness (QED) is 0.829. The van der Waals surface area contributed by atoms with Gasteiger partial charge in [-0.15, -0.1) is 0 Å². The van der Waals surface area contributed by atoms with Crippen LogP contribution >= 0.6 is 0 Å². The smallest absolute Gasteiger partial charge is 0.349 e. The van der Waals surface area contributed by atoms with Crippen molar-refractivity contribution in [1.82, 2.24) is 0 Å². The Kier molecular flexibility index (Phi) is 4.92. The van der Waals surface area contributed by atoms with Crippen LogP contribution in [-0.2, 0) is 14.3 Å². The highest BCUT2D eigenvalue weighted by Gasteiger charge is 2.27. The van der Waals surface area contributed by atoms with Gasteiger partial charge in [-0.3, -0.25) is 4.79 Å². The molecule has 19 heavy (non-hydrogen) atoms. The van der Waals surface area contributed by atoms with Crippen LogP contribution in [0.25, 0.3) is 0 Å². The van der Waals surface area contributed by atoms with Gasteiger partial charge in [-0.1, -0.05) is 19.9 Å². The van der Waals surface area contributed by atoms with E-state index < -0.39 is 18.0 Å². The topological polar surface area (TPSA) is 72.8 Å². The third-order valence-electron chi connectivity index (χ3n) is 2.71. The van der Waals surface area contributed by atoms with Gasteiger partial charge >= 0.3 is 11.9 Å². The number of esters is 1. The molecule has 0 bridgehead atoms. The van der Waals surface area contributed by atoms with Gasteiger partial charge in [-0.25, -0.2) is 4.79 Å². The van der Waals surface area contributed by atoms with E-state index in [0.29, 0.717) is 11.3 Å². The molecule has 0 saturated heterocycles. The Morgan fingerprint density at radius 1 is 1.26 bits per heavy atom. The highest BCUT2D eigenvalue weighted by atomic mass is 16.6. The third-order valence-corrected chi connectivity index (χ3v) is 2.71. The van der Waals surface area contributed by atoms with Crippen LogP contribution in [0.3, 0.4) is 0 Å². The number of carbonyl (C=O) groups is 2. The largest absolute Gasteiger partial charge is 0.496 e. The third kappa shape index (κ3) is 3.71. The van der Waals surface area contributed by atoms with Crippen LogP contribution in [0.4, 0.5) is 0 Å². The number of aliphatic carboxylic acids is 1. The standard InChI is InChI=1S/C14H18O5/c1-8(2)10-5-6-12(18-4)11(7-10)13(14(16)17)19-9(3)15/h5-8,13H,1-4H3,(H,16,17). The van der Waals surface area contributed by atoms with Gasteiger partial charge < -0.3 is 14.6 Å². The van der Waals surface area contributed by atoms with E-state index in [1.165, 1.54) is 14.0 Å². The molecule has 5 nitrogen and oxygen atoms in total. The molecule has 0 saturated carbocycles. The zero-order valence-corrected chi connectivity index (χ0v) is 11.5. The van der Waals surface area contributed by atoms with Crippen molar-refractivity contribution in [1.29, 1.82) is 0 Å². The van der Waals surface area contributed by atoms with Crippen LogP contribution in [0.15, 0.2) is 18.2 Å². The van der Waals surface area contributed by atoms with Gasteiger partial charge in [-0.05, 0) is 23.6 Å². The summed E-state index contributed by atoms with van der Waals surface area (Å²) in [7, 11) is 1.44. The first-order chi connectivity index (χ1) is 8.86. The maximum Gasteiger partial charge on any atom is 0.349 e. The van der Waals surface area contributed by atoms with Crippen molar-refractivity contribution in [3.8, 4) is 5.75 Å². The first kappa shape index (κ1) is 15.0. The van der Waals surface area contributed by atoms with E-state index >= 15 is 0 Å². The molecule has 1 aromatic carbocycles. The molecule has 1 N–H and O–H groups in total. The number of hydrogen-bond acceptors (Lipinski definition) is 4. The molecule has 104 valence electrons. The maximum absolute atomic E-state index is 11.3. The average molecular weight is 266 g/mol. The average Bonchev–Trinajstić information content (AvgIpc) is 2.34. The zero-order valence-electron chi connectivity index (χ0n) is 11.5. The van der Waals surface area contributed by atoms with Crippen LogP contribution in [-0.4, -0.2) is 24.2 Å². The number of hydrogen-bond donors (Lipinski definition) is 1. The molecule has 1 unspecified atom stereocenters. The Bertz CT molecular complexity index is 479. The van der Waals surface area contributed by atoms with E-state index in [9.17, 15) is 14.7 Å². The van der Waals surface area contributed by atoms with Gasteiger partial charge in [0.2, 0.25) is 6.10 Å². The van der Waals surface area contributed by atoms with Crippen molar-refractivity contribution in [3.05, 3.63) is 29.3 Å². The van der Waals surface area contributed by atoms with Crippen LogP contribution < -0.4 is 4.74 Å². The summed E-state index contributed by atoms with van der Waals surface area (Å²) in [6, 6.07) is 5.25. The molecule has 0 aliphatic heterocycles. The van der Waals surface area contributed by atoms with Crippen LogP contribution in [0.1, 0.15) is 43.9 Å². The van der Waals surface area contributed by atoms with E-state index in [1.807, 2.05) is 19.9 Å². The van der Waals surface area contributed by atoms with E-state index in [4.69, 9.17) is 9.47 Å². The van der Waals surface area contributed by atoms with Crippen LogP contribution in [0.5, 0.6) is 5.75 Å². The number of carboxylic acids is 1. The fraction of sp³-hybridized carbons (Fsp3) is 0.429. The first-order valence-electron chi connectivity index (χ1n) is 5.94. The molecule has 0 aliphatic rings. The molecule has 0 radical (unpaired) electrons. The molecule has 0 spiro atoms. The SMILES string of the molecule is COc1ccc(C(C)C)cc1C(OC(C)=O)C(=O)O. The van der Waals surface area contributed by atoms with Gasteiger partial charge in [0.05, 0.1) is 7.11 Å². The van der Waals surface area contributed by atoms with Crippen molar-refractivity contribution in [2.75, 3.05) is 7.11 Å². The summed E-state index contributed by atoms with van der Waals surface area (Å²) in [4.78, 5) is 22.3. The number of benzene rings is 1. The van der Waals surface area contributed by atoms with Crippen molar-refractivity contribution < 1.29 is 24.2 Å². The van der Waals surface area contributed by atoms with Gasteiger partial charge in [0.15, 0.2) is 0 Å². The Hall–Kier alpha value is -2.04. The monoisotopic (exact) mass is 266 g/mol. The lowest BCUT2D eigenvalue weighted by atomic mass is 9.97. The molecular formula is C14H18O5. The molecule has 1 atom stereocenters. The minimum absolute atomic E-state index is 0.233. The van der Waals surface area contributed by atoms with E-state index in [1.54, 1.807) is 12.1 Å². The van der Waals surface area contributed by atoms with Crippen molar-refractivity contribution in [2.45, 2.75) is 32.8 Å². The second kappa shape index (κ2) is 6.22. The molecule has 1 aromatic rings. The Balaban J connectivity index is 3.29. The summed E-state index contributed by atoms with van der Waals surface area (Å²) in [5, 5.41) is 9.19. The number of methoxy groups -OCH3 is 1. The first-order valence-corrected chi connectivity index (χ1v) is 5.94. The summed E-state index contributed by atoms with van der Waals surface area (Å²) in [6.45, 7) is 5.16. The Morgan fingerprint density at radius 2 is 1.89 bits per heavy atom. The molecule has 0 amide bonds. The number of ether oxygens (including phenoxy) is 2. The van der Waals surface area contributed by atoms with E-state index in [0.717, 1.165) is 5.56 Å². The predicted molar refractivity (Wildman–Crippen MR) is 69.2 cm³/mol. The summed E-state index contributed by atoms with van der Waals surface area (Å²) in [5.41, 5.74) is 1.30. The molecule has 5 heteroatoms. The maximum atomic E-state index is 11.3. The van der Waals surface area contributed by atoms with Crippen LogP contribution in [0, 0.1) is 0 Å². The minimum atomic E-state index is -1.36. The lowest BCUT2D eigenvalue weighted by Crippen LogP contribution is -2.19. The second-order valence-electron chi connectivity index (χ2n) is 4.48. The van der Waals surface area contributed by atoms with Crippen LogP contribution in [0.2, 0.25) is 0 Å². The molecule has 0 aliphatic carbocycles. The number of rotatable bonds is 5. The van der Waals surface area contributed by atoms with Gasteiger partial charge in [-0.2, -0.15) is 0 Å². The molecule has 0 heterocycles. The van der Waals surface area contributed by atoms with Gasteiger partial charge in [0, 0.05) is 12.5 Å². The number of carbonyl (C=O) groups excluding carboxylic acids is 1. The predicted octanol–water partition coefficient (Wildman–Crippen LogP) is 2.51. The fourth-order valence-electron chi connectivity index (χ4n) is 1.73. The number of carboxylic acid groups (broad SMARTS) is 1. The minimum Gasteiger partial charge on any atom is -0.496 e.